The number of nitrogens with two attached hydrogens (primary N) is 1. The Morgan fingerprint density at radius 1 is 1.35 bits per heavy atom. The molecule has 5 heteroatoms. The maximum atomic E-state index is 6.19. The standard InChI is InChI=1S/C12H17N5/c1-8-6-11(9(2)15-14-8)12(13)7-10-4-5-17(3)16-10/h4-6,12H,7,13H2,1-3H3. The van der Waals surface area contributed by atoms with E-state index in [1.54, 1.807) is 4.68 Å². The lowest BCUT2D eigenvalue weighted by Crippen LogP contribution is -2.16. The topological polar surface area (TPSA) is 69.6 Å². The Morgan fingerprint density at radius 3 is 2.76 bits per heavy atom. The van der Waals surface area contributed by atoms with Crippen molar-refractivity contribution in [1.29, 1.82) is 0 Å². The van der Waals surface area contributed by atoms with Gasteiger partial charge in [-0.15, -0.1) is 0 Å². The van der Waals surface area contributed by atoms with E-state index in [9.17, 15) is 0 Å². The van der Waals surface area contributed by atoms with Crippen molar-refractivity contribution in [3.8, 4) is 0 Å². The molecule has 0 saturated heterocycles. The van der Waals surface area contributed by atoms with Crippen molar-refractivity contribution in [1.82, 2.24) is 20.0 Å². The molecule has 0 fully saturated rings. The first-order valence-corrected chi connectivity index (χ1v) is 5.61. The summed E-state index contributed by atoms with van der Waals surface area (Å²) in [5.74, 6) is 0. The predicted molar refractivity (Wildman–Crippen MR) is 65.3 cm³/mol. The molecule has 2 N–H and O–H groups in total. The lowest BCUT2D eigenvalue weighted by atomic mass is 10.0. The minimum absolute atomic E-state index is 0.0842. The molecule has 1 unspecified atom stereocenters. The van der Waals surface area contributed by atoms with Gasteiger partial charge in [0.2, 0.25) is 0 Å². The zero-order valence-electron chi connectivity index (χ0n) is 10.4. The predicted octanol–water partition coefficient (Wildman–Crippen LogP) is 1.07. The van der Waals surface area contributed by atoms with Gasteiger partial charge in [-0.3, -0.25) is 4.68 Å². The Kier molecular flexibility index (Phi) is 3.19. The first-order chi connectivity index (χ1) is 8.06. The highest BCUT2D eigenvalue weighted by Crippen LogP contribution is 2.17. The second-order valence-electron chi connectivity index (χ2n) is 4.32. The van der Waals surface area contributed by atoms with Crippen molar-refractivity contribution >= 4 is 0 Å². The summed E-state index contributed by atoms with van der Waals surface area (Å²) in [5, 5.41) is 12.4. The third kappa shape index (κ3) is 2.68. The van der Waals surface area contributed by atoms with Crippen LogP contribution in [0.5, 0.6) is 0 Å². The fraction of sp³-hybridized carbons (Fsp3) is 0.417. The average molecular weight is 231 g/mol. The summed E-state index contributed by atoms with van der Waals surface area (Å²) in [4.78, 5) is 0. The highest BCUT2D eigenvalue weighted by molar-refractivity contribution is 5.24. The molecule has 90 valence electrons. The lowest BCUT2D eigenvalue weighted by Gasteiger charge is -2.12. The smallest absolute Gasteiger partial charge is 0.0648 e. The summed E-state index contributed by atoms with van der Waals surface area (Å²) in [7, 11) is 1.90. The Balaban J connectivity index is 2.19. The van der Waals surface area contributed by atoms with Crippen LogP contribution in [0.4, 0.5) is 0 Å². The molecular formula is C12H17N5. The number of aryl methyl sites for hydroxylation is 3. The van der Waals surface area contributed by atoms with E-state index in [0.717, 1.165) is 22.6 Å². The van der Waals surface area contributed by atoms with Gasteiger partial charge in [0, 0.05) is 25.7 Å². The van der Waals surface area contributed by atoms with Crippen LogP contribution in [0.1, 0.15) is 28.7 Å². The molecule has 0 bridgehead atoms. The Labute approximate surface area is 101 Å². The van der Waals surface area contributed by atoms with Gasteiger partial charge in [-0.1, -0.05) is 0 Å². The summed E-state index contributed by atoms with van der Waals surface area (Å²) in [6.07, 6.45) is 2.64. The van der Waals surface area contributed by atoms with E-state index in [-0.39, 0.29) is 6.04 Å². The Hall–Kier alpha value is -1.75. The van der Waals surface area contributed by atoms with Crippen molar-refractivity contribution in [2.24, 2.45) is 12.8 Å². The largest absolute Gasteiger partial charge is 0.324 e. The second-order valence-corrected chi connectivity index (χ2v) is 4.32. The molecule has 0 amide bonds. The summed E-state index contributed by atoms with van der Waals surface area (Å²) < 4.78 is 1.78. The van der Waals surface area contributed by atoms with Crippen molar-refractivity contribution in [2.45, 2.75) is 26.3 Å². The van der Waals surface area contributed by atoms with Crippen LogP contribution in [0.25, 0.3) is 0 Å². The number of aromatic nitrogens is 4. The lowest BCUT2D eigenvalue weighted by molar-refractivity contribution is 0.664. The van der Waals surface area contributed by atoms with Crippen LogP contribution in [-0.2, 0) is 13.5 Å². The second kappa shape index (κ2) is 4.63. The SMILES string of the molecule is Cc1cc(C(N)Cc2ccn(C)n2)c(C)nn1. The van der Waals surface area contributed by atoms with Crippen LogP contribution in [0.15, 0.2) is 18.3 Å². The van der Waals surface area contributed by atoms with Gasteiger partial charge < -0.3 is 5.73 Å². The minimum atomic E-state index is -0.0842. The molecule has 0 spiro atoms. The van der Waals surface area contributed by atoms with Gasteiger partial charge in [0.25, 0.3) is 0 Å². The monoisotopic (exact) mass is 231 g/mol. The highest BCUT2D eigenvalue weighted by Gasteiger charge is 2.12. The minimum Gasteiger partial charge on any atom is -0.324 e. The van der Waals surface area contributed by atoms with Gasteiger partial charge in [0.15, 0.2) is 0 Å². The molecule has 1 atom stereocenters. The molecular weight excluding hydrogens is 214 g/mol. The number of rotatable bonds is 3. The van der Waals surface area contributed by atoms with Crippen LogP contribution >= 0.6 is 0 Å². The molecule has 2 aromatic rings. The molecule has 2 heterocycles. The third-order valence-corrected chi connectivity index (χ3v) is 2.74. The van der Waals surface area contributed by atoms with E-state index in [2.05, 4.69) is 15.3 Å². The Morgan fingerprint density at radius 2 is 2.12 bits per heavy atom. The summed E-state index contributed by atoms with van der Waals surface area (Å²) in [6, 6.07) is 3.89. The fourth-order valence-electron chi connectivity index (χ4n) is 1.85. The van der Waals surface area contributed by atoms with Gasteiger partial charge in [-0.25, -0.2) is 0 Å². The molecule has 0 aliphatic carbocycles. The van der Waals surface area contributed by atoms with Crippen LogP contribution in [-0.4, -0.2) is 20.0 Å². The zero-order chi connectivity index (χ0) is 12.4. The van der Waals surface area contributed by atoms with Gasteiger partial charge in [-0.2, -0.15) is 15.3 Å². The molecule has 0 saturated carbocycles. The van der Waals surface area contributed by atoms with Crippen molar-refractivity contribution in [2.75, 3.05) is 0 Å². The third-order valence-electron chi connectivity index (χ3n) is 2.74. The molecule has 0 aromatic carbocycles. The van der Waals surface area contributed by atoms with Crippen LogP contribution < -0.4 is 5.73 Å². The van der Waals surface area contributed by atoms with E-state index >= 15 is 0 Å². The maximum Gasteiger partial charge on any atom is 0.0648 e. The quantitative estimate of drug-likeness (QED) is 0.857. The van der Waals surface area contributed by atoms with E-state index < -0.39 is 0 Å². The summed E-state index contributed by atoms with van der Waals surface area (Å²) in [6.45, 7) is 3.85. The highest BCUT2D eigenvalue weighted by atomic mass is 15.2. The van der Waals surface area contributed by atoms with Crippen molar-refractivity contribution < 1.29 is 0 Å². The molecule has 5 nitrogen and oxygen atoms in total. The first kappa shape index (κ1) is 11.7. The first-order valence-electron chi connectivity index (χ1n) is 5.61. The average Bonchev–Trinajstić information content (AvgIpc) is 2.67. The summed E-state index contributed by atoms with van der Waals surface area (Å²) >= 11 is 0. The van der Waals surface area contributed by atoms with Gasteiger partial charge in [0.1, 0.15) is 0 Å². The van der Waals surface area contributed by atoms with Gasteiger partial charge >= 0.3 is 0 Å². The van der Waals surface area contributed by atoms with Crippen molar-refractivity contribution in [3.63, 3.8) is 0 Å². The Bertz CT molecular complexity index is 517. The molecule has 0 radical (unpaired) electrons. The number of nitrogens with zero attached hydrogens (tertiary/aromatic N) is 4. The van der Waals surface area contributed by atoms with Crippen molar-refractivity contribution in [3.05, 3.63) is 41.0 Å². The fourth-order valence-corrected chi connectivity index (χ4v) is 1.85. The van der Waals surface area contributed by atoms with Crippen LogP contribution in [0.3, 0.4) is 0 Å². The van der Waals surface area contributed by atoms with Gasteiger partial charge in [0.05, 0.1) is 17.1 Å². The molecule has 0 aliphatic rings. The molecule has 0 aliphatic heterocycles. The van der Waals surface area contributed by atoms with Gasteiger partial charge in [-0.05, 0) is 31.5 Å². The van der Waals surface area contributed by atoms with E-state index in [0.29, 0.717) is 6.42 Å². The summed E-state index contributed by atoms with van der Waals surface area (Å²) in [5.41, 5.74) is 10.0. The zero-order valence-corrected chi connectivity index (χ0v) is 10.4. The van der Waals surface area contributed by atoms with E-state index in [4.69, 9.17) is 5.73 Å². The van der Waals surface area contributed by atoms with Crippen LogP contribution in [0.2, 0.25) is 0 Å². The maximum absolute atomic E-state index is 6.19. The molecule has 2 rings (SSSR count). The normalized spacial score (nSPS) is 12.7. The molecule has 2 aromatic heterocycles. The number of hydrogen-bond donors (Lipinski definition) is 1. The van der Waals surface area contributed by atoms with E-state index in [1.807, 2.05) is 39.2 Å². The van der Waals surface area contributed by atoms with E-state index in [1.165, 1.54) is 0 Å². The van der Waals surface area contributed by atoms with Crippen LogP contribution in [0, 0.1) is 13.8 Å². The number of hydrogen-bond acceptors (Lipinski definition) is 4. The molecule has 17 heavy (non-hydrogen) atoms.